The average molecular weight is 329 g/mol. The number of nitrogens with zero attached hydrogens (tertiary/aromatic N) is 1. The molecule has 2 atom stereocenters. The molecule has 0 amide bonds. The molecule has 1 fully saturated rings. The Morgan fingerprint density at radius 2 is 2.21 bits per heavy atom. The maximum absolute atomic E-state index is 10.5. The standard InChI is InChI=1S/C6H10BINO4P/c7-6-4-9(8)3-5(13-6)1-2-14(10,11)12/h1-2,5-6H,3-4H2,(H2,10,11,12)/b2-1+. The molecule has 1 aliphatic rings. The van der Waals surface area contributed by atoms with Crippen molar-refractivity contribution in [3.8, 4) is 0 Å². The minimum Gasteiger partial charge on any atom is -0.378 e. The number of rotatable bonds is 2. The van der Waals surface area contributed by atoms with E-state index in [2.05, 4.69) is 22.9 Å². The van der Waals surface area contributed by atoms with Crippen molar-refractivity contribution in [3.63, 3.8) is 0 Å². The molecule has 1 heterocycles. The summed E-state index contributed by atoms with van der Waals surface area (Å²) in [5.41, 5.74) is 0. The van der Waals surface area contributed by atoms with E-state index in [1.165, 1.54) is 6.08 Å². The van der Waals surface area contributed by atoms with Crippen molar-refractivity contribution in [2.75, 3.05) is 13.1 Å². The van der Waals surface area contributed by atoms with Gasteiger partial charge in [-0.25, -0.2) is 3.11 Å². The molecule has 78 valence electrons. The quantitative estimate of drug-likeness (QED) is 0.328. The van der Waals surface area contributed by atoms with Gasteiger partial charge in [0, 0.05) is 47.8 Å². The van der Waals surface area contributed by atoms with Crippen LogP contribution in [0.2, 0.25) is 0 Å². The first kappa shape index (κ1) is 12.7. The van der Waals surface area contributed by atoms with Gasteiger partial charge < -0.3 is 14.5 Å². The lowest BCUT2D eigenvalue weighted by Gasteiger charge is -2.31. The van der Waals surface area contributed by atoms with Crippen LogP contribution < -0.4 is 0 Å². The first-order chi connectivity index (χ1) is 6.37. The van der Waals surface area contributed by atoms with Crippen molar-refractivity contribution >= 4 is 38.3 Å². The summed E-state index contributed by atoms with van der Waals surface area (Å²) in [5, 5.41) is 0. The Morgan fingerprint density at radius 3 is 2.71 bits per heavy atom. The molecule has 14 heavy (non-hydrogen) atoms. The molecule has 0 spiro atoms. The number of halogens is 1. The fraction of sp³-hybridized carbons (Fsp3) is 0.667. The van der Waals surface area contributed by atoms with Crippen LogP contribution in [0.4, 0.5) is 0 Å². The van der Waals surface area contributed by atoms with E-state index < -0.39 is 13.6 Å². The Morgan fingerprint density at radius 1 is 1.57 bits per heavy atom. The predicted molar refractivity (Wildman–Crippen MR) is 61.2 cm³/mol. The molecule has 1 rings (SSSR count). The van der Waals surface area contributed by atoms with E-state index in [1.54, 1.807) is 0 Å². The Kier molecular flexibility index (Phi) is 4.61. The van der Waals surface area contributed by atoms with Crippen molar-refractivity contribution < 1.29 is 19.1 Å². The largest absolute Gasteiger partial charge is 0.378 e. The topological polar surface area (TPSA) is 70.0 Å². The number of hydrogen-bond acceptors (Lipinski definition) is 3. The normalized spacial score (nSPS) is 31.1. The third-order valence-electron chi connectivity index (χ3n) is 1.60. The molecule has 0 aliphatic carbocycles. The van der Waals surface area contributed by atoms with Gasteiger partial charge in [0.1, 0.15) is 7.85 Å². The van der Waals surface area contributed by atoms with Gasteiger partial charge in [-0.05, 0) is 6.08 Å². The minimum atomic E-state index is -4.09. The summed E-state index contributed by atoms with van der Waals surface area (Å²) < 4.78 is 17.7. The Balaban J connectivity index is 2.53. The highest BCUT2D eigenvalue weighted by Gasteiger charge is 2.22. The smallest absolute Gasteiger partial charge is 0.348 e. The monoisotopic (exact) mass is 329 g/mol. The van der Waals surface area contributed by atoms with Crippen LogP contribution >= 0.6 is 30.5 Å². The molecule has 2 N–H and O–H groups in total. The molecule has 1 saturated heterocycles. The van der Waals surface area contributed by atoms with Crippen LogP contribution in [0.3, 0.4) is 0 Å². The Hall–Kier alpha value is 0.605. The fourth-order valence-electron chi connectivity index (χ4n) is 1.09. The Labute approximate surface area is 97.6 Å². The Bertz CT molecular complexity index is 261. The summed E-state index contributed by atoms with van der Waals surface area (Å²) in [4.78, 5) is 17.2. The SMILES string of the molecule is [B]C1CN(I)CC(/C=C/P(=O)(O)O)O1. The molecule has 1 aliphatic heterocycles. The number of morpholine rings is 1. The van der Waals surface area contributed by atoms with Crippen molar-refractivity contribution in [1.29, 1.82) is 0 Å². The summed E-state index contributed by atoms with van der Waals surface area (Å²) in [6.07, 6.45) is 0.995. The van der Waals surface area contributed by atoms with Gasteiger partial charge in [-0.2, -0.15) is 0 Å². The molecule has 0 aromatic heterocycles. The van der Waals surface area contributed by atoms with E-state index in [0.717, 1.165) is 5.82 Å². The van der Waals surface area contributed by atoms with Crippen LogP contribution in [0.1, 0.15) is 0 Å². The highest BCUT2D eigenvalue weighted by Crippen LogP contribution is 2.36. The molecular formula is C6H10BINO4P. The van der Waals surface area contributed by atoms with Crippen LogP contribution in [0.25, 0.3) is 0 Å². The molecule has 0 bridgehead atoms. The third kappa shape index (κ3) is 4.90. The van der Waals surface area contributed by atoms with Gasteiger partial charge in [0.2, 0.25) is 0 Å². The van der Waals surface area contributed by atoms with E-state index in [0.29, 0.717) is 13.1 Å². The van der Waals surface area contributed by atoms with Crippen molar-refractivity contribution in [1.82, 2.24) is 3.11 Å². The van der Waals surface area contributed by atoms with E-state index in [1.807, 2.05) is 3.11 Å². The highest BCUT2D eigenvalue weighted by molar-refractivity contribution is 14.1. The maximum atomic E-state index is 10.5. The number of ether oxygens (including phenoxy) is 1. The third-order valence-corrected chi connectivity index (χ3v) is 2.95. The van der Waals surface area contributed by atoms with Crippen LogP contribution in [0.5, 0.6) is 0 Å². The van der Waals surface area contributed by atoms with E-state index in [-0.39, 0.29) is 6.10 Å². The second-order valence-electron chi connectivity index (χ2n) is 2.97. The first-order valence-corrected chi connectivity index (χ1v) is 6.58. The number of hydrogen-bond donors (Lipinski definition) is 2. The van der Waals surface area contributed by atoms with Crippen LogP contribution in [0, 0.1) is 0 Å². The highest BCUT2D eigenvalue weighted by atomic mass is 127. The predicted octanol–water partition coefficient (Wildman–Crippen LogP) is 0.223. The van der Waals surface area contributed by atoms with E-state index in [9.17, 15) is 4.57 Å². The first-order valence-electron chi connectivity index (χ1n) is 3.93. The van der Waals surface area contributed by atoms with E-state index >= 15 is 0 Å². The average Bonchev–Trinajstić information content (AvgIpc) is 1.97. The molecule has 2 radical (unpaired) electrons. The van der Waals surface area contributed by atoms with Crippen molar-refractivity contribution in [3.05, 3.63) is 11.9 Å². The van der Waals surface area contributed by atoms with Gasteiger partial charge in [-0.1, -0.05) is 0 Å². The lowest BCUT2D eigenvalue weighted by Crippen LogP contribution is -2.42. The zero-order chi connectivity index (χ0) is 10.8. The second-order valence-corrected chi connectivity index (χ2v) is 5.81. The van der Waals surface area contributed by atoms with Gasteiger partial charge in [0.05, 0.1) is 6.10 Å². The zero-order valence-corrected chi connectivity index (χ0v) is 10.3. The summed E-state index contributed by atoms with van der Waals surface area (Å²) in [7, 11) is 1.46. The molecule has 0 aromatic carbocycles. The lowest BCUT2D eigenvalue weighted by atomic mass is 9.98. The van der Waals surface area contributed by atoms with Gasteiger partial charge in [0.25, 0.3) is 0 Å². The second kappa shape index (κ2) is 5.09. The van der Waals surface area contributed by atoms with Gasteiger partial charge in [-0.15, -0.1) is 0 Å². The fourth-order valence-corrected chi connectivity index (χ4v) is 2.28. The van der Waals surface area contributed by atoms with Gasteiger partial charge in [-0.3, -0.25) is 4.57 Å². The summed E-state index contributed by atoms with van der Waals surface area (Å²) >= 11 is 2.09. The van der Waals surface area contributed by atoms with Crippen LogP contribution in [-0.4, -0.2) is 45.9 Å². The maximum Gasteiger partial charge on any atom is 0.348 e. The van der Waals surface area contributed by atoms with Crippen LogP contribution in [0.15, 0.2) is 11.9 Å². The molecule has 2 unspecified atom stereocenters. The summed E-state index contributed by atoms with van der Waals surface area (Å²) in [6, 6.07) is -0.410. The van der Waals surface area contributed by atoms with Gasteiger partial charge in [0.15, 0.2) is 0 Å². The van der Waals surface area contributed by atoms with Gasteiger partial charge >= 0.3 is 7.60 Å². The summed E-state index contributed by atoms with van der Waals surface area (Å²) in [6.45, 7) is 1.19. The molecular weight excluding hydrogens is 319 g/mol. The van der Waals surface area contributed by atoms with Crippen molar-refractivity contribution in [2.24, 2.45) is 0 Å². The van der Waals surface area contributed by atoms with Crippen LogP contribution in [-0.2, 0) is 9.30 Å². The molecule has 0 saturated carbocycles. The summed E-state index contributed by atoms with van der Waals surface area (Å²) in [5.74, 6) is 0.847. The van der Waals surface area contributed by atoms with Crippen molar-refractivity contribution in [2.45, 2.75) is 12.1 Å². The molecule has 8 heteroatoms. The van der Waals surface area contributed by atoms with E-state index in [4.69, 9.17) is 22.4 Å². The lowest BCUT2D eigenvalue weighted by molar-refractivity contribution is 0.0108. The molecule has 5 nitrogen and oxygen atoms in total. The molecule has 0 aromatic rings. The zero-order valence-electron chi connectivity index (χ0n) is 7.28. The minimum absolute atomic E-state index is 0.358.